The van der Waals surface area contributed by atoms with E-state index in [0.717, 1.165) is 13.1 Å². The van der Waals surface area contributed by atoms with Gasteiger partial charge in [-0.15, -0.1) is 0 Å². The Bertz CT molecular complexity index is 946. The number of nitrogens with zero attached hydrogens (tertiary/aromatic N) is 5. The number of benzene rings is 1. The Morgan fingerprint density at radius 2 is 1.96 bits per heavy atom. The van der Waals surface area contributed by atoms with Crippen molar-refractivity contribution in [3.05, 3.63) is 48.4 Å². The average molecular weight is 353 g/mol. The molecule has 1 amide bonds. The second-order valence-corrected chi connectivity index (χ2v) is 6.56. The SMILES string of the molecule is CN1CCN(C(=O)Cn2c(-c3cccc(F)c3)nc3cccnc32)CC1. The smallest absolute Gasteiger partial charge is 0.242 e. The number of pyridine rings is 1. The number of aromatic nitrogens is 3. The number of rotatable bonds is 3. The first-order valence-electron chi connectivity index (χ1n) is 8.65. The van der Waals surface area contributed by atoms with Crippen molar-refractivity contribution < 1.29 is 9.18 Å². The summed E-state index contributed by atoms with van der Waals surface area (Å²) in [6, 6.07) is 9.91. The van der Waals surface area contributed by atoms with Crippen LogP contribution in [0, 0.1) is 5.82 Å². The lowest BCUT2D eigenvalue weighted by Crippen LogP contribution is -2.48. The minimum Gasteiger partial charge on any atom is -0.339 e. The molecule has 0 N–H and O–H groups in total. The lowest BCUT2D eigenvalue weighted by molar-refractivity contribution is -0.133. The van der Waals surface area contributed by atoms with Crippen molar-refractivity contribution in [2.45, 2.75) is 6.54 Å². The molecule has 1 saturated heterocycles. The van der Waals surface area contributed by atoms with Crippen molar-refractivity contribution >= 4 is 17.1 Å². The van der Waals surface area contributed by atoms with Crippen LogP contribution in [0.5, 0.6) is 0 Å². The highest BCUT2D eigenvalue weighted by Gasteiger charge is 2.22. The third-order valence-corrected chi connectivity index (χ3v) is 4.74. The van der Waals surface area contributed by atoms with Crippen LogP contribution in [0.2, 0.25) is 0 Å². The van der Waals surface area contributed by atoms with Crippen molar-refractivity contribution in [1.29, 1.82) is 0 Å². The van der Waals surface area contributed by atoms with Gasteiger partial charge in [-0.05, 0) is 31.3 Å². The number of fused-ring (bicyclic) bond motifs is 1. The molecule has 1 aliphatic heterocycles. The number of piperazine rings is 1. The van der Waals surface area contributed by atoms with Crippen molar-refractivity contribution in [3.8, 4) is 11.4 Å². The van der Waals surface area contributed by atoms with Gasteiger partial charge in [-0.3, -0.25) is 9.36 Å². The monoisotopic (exact) mass is 353 g/mol. The maximum absolute atomic E-state index is 13.7. The molecule has 3 heterocycles. The molecule has 134 valence electrons. The van der Waals surface area contributed by atoms with Crippen molar-refractivity contribution in [2.24, 2.45) is 0 Å². The largest absolute Gasteiger partial charge is 0.339 e. The molecule has 1 aliphatic rings. The van der Waals surface area contributed by atoms with Gasteiger partial charge in [0.15, 0.2) is 5.65 Å². The van der Waals surface area contributed by atoms with Crippen molar-refractivity contribution in [3.63, 3.8) is 0 Å². The van der Waals surface area contributed by atoms with E-state index in [2.05, 4.69) is 21.9 Å². The molecule has 26 heavy (non-hydrogen) atoms. The summed E-state index contributed by atoms with van der Waals surface area (Å²) in [6.45, 7) is 3.30. The number of likely N-dealkylation sites (N-methyl/N-ethyl adjacent to an activating group) is 1. The molecule has 2 aromatic heterocycles. The Hall–Kier alpha value is -2.80. The average Bonchev–Trinajstić information content (AvgIpc) is 3.01. The molecule has 1 aromatic carbocycles. The summed E-state index contributed by atoms with van der Waals surface area (Å²) in [5.74, 6) is 0.251. The van der Waals surface area contributed by atoms with E-state index >= 15 is 0 Å². The lowest BCUT2D eigenvalue weighted by Gasteiger charge is -2.32. The van der Waals surface area contributed by atoms with Crippen LogP contribution in [0.25, 0.3) is 22.6 Å². The molecule has 6 nitrogen and oxygen atoms in total. The number of carbonyl (C=O) groups is 1. The van der Waals surface area contributed by atoms with Crippen LogP contribution in [0.15, 0.2) is 42.6 Å². The zero-order chi connectivity index (χ0) is 18.1. The third kappa shape index (κ3) is 3.17. The molecule has 7 heteroatoms. The van der Waals surface area contributed by atoms with E-state index in [9.17, 15) is 9.18 Å². The summed E-state index contributed by atoms with van der Waals surface area (Å²) in [4.78, 5) is 25.9. The highest BCUT2D eigenvalue weighted by Crippen LogP contribution is 2.24. The van der Waals surface area contributed by atoms with Gasteiger partial charge in [0.25, 0.3) is 0 Å². The number of amides is 1. The zero-order valence-electron chi connectivity index (χ0n) is 14.6. The van der Waals surface area contributed by atoms with Gasteiger partial charge in [0.2, 0.25) is 5.91 Å². The van der Waals surface area contributed by atoms with Gasteiger partial charge in [0, 0.05) is 37.9 Å². The molecule has 4 rings (SSSR count). The molecule has 0 atom stereocenters. The molecule has 1 fully saturated rings. The van der Waals surface area contributed by atoms with Gasteiger partial charge in [-0.2, -0.15) is 0 Å². The second kappa shape index (κ2) is 6.84. The molecule has 0 spiro atoms. The lowest BCUT2D eigenvalue weighted by atomic mass is 10.2. The highest BCUT2D eigenvalue weighted by molar-refractivity contribution is 5.82. The van der Waals surface area contributed by atoms with E-state index < -0.39 is 0 Å². The van der Waals surface area contributed by atoms with E-state index in [1.807, 2.05) is 11.0 Å². The van der Waals surface area contributed by atoms with Crippen LogP contribution < -0.4 is 0 Å². The van der Waals surface area contributed by atoms with Crippen LogP contribution in [0.1, 0.15) is 0 Å². The number of imidazole rings is 1. The predicted octanol–water partition coefficient (Wildman–Crippen LogP) is 2.01. The molecule has 3 aromatic rings. The maximum atomic E-state index is 13.7. The molecular weight excluding hydrogens is 333 g/mol. The minimum absolute atomic E-state index is 0.0284. The highest BCUT2D eigenvalue weighted by atomic mass is 19.1. The topological polar surface area (TPSA) is 54.3 Å². The Balaban J connectivity index is 1.71. The first-order valence-corrected chi connectivity index (χ1v) is 8.65. The quantitative estimate of drug-likeness (QED) is 0.723. The zero-order valence-corrected chi connectivity index (χ0v) is 14.6. The number of carbonyl (C=O) groups excluding carboxylic acids is 1. The van der Waals surface area contributed by atoms with Gasteiger partial charge in [0.05, 0.1) is 0 Å². The van der Waals surface area contributed by atoms with E-state index in [0.29, 0.717) is 35.6 Å². The molecular formula is C19H20FN5O. The van der Waals surface area contributed by atoms with Crippen LogP contribution >= 0.6 is 0 Å². The van der Waals surface area contributed by atoms with Gasteiger partial charge in [-0.25, -0.2) is 14.4 Å². The van der Waals surface area contributed by atoms with E-state index in [-0.39, 0.29) is 18.3 Å². The van der Waals surface area contributed by atoms with Crippen LogP contribution in [-0.2, 0) is 11.3 Å². The van der Waals surface area contributed by atoms with E-state index in [4.69, 9.17) is 0 Å². The van der Waals surface area contributed by atoms with Crippen LogP contribution in [0.3, 0.4) is 0 Å². The summed E-state index contributed by atoms with van der Waals surface area (Å²) >= 11 is 0. The minimum atomic E-state index is -0.334. The first kappa shape index (κ1) is 16.7. The third-order valence-electron chi connectivity index (χ3n) is 4.74. The number of hydrogen-bond acceptors (Lipinski definition) is 4. The Labute approximate surface area is 150 Å². The van der Waals surface area contributed by atoms with Crippen LogP contribution in [-0.4, -0.2) is 63.5 Å². The Morgan fingerprint density at radius 3 is 2.73 bits per heavy atom. The molecule has 0 saturated carbocycles. The van der Waals surface area contributed by atoms with Gasteiger partial charge in [-0.1, -0.05) is 12.1 Å². The van der Waals surface area contributed by atoms with E-state index in [1.165, 1.54) is 12.1 Å². The number of halogens is 1. The standard InChI is InChI=1S/C19H20FN5O/c1-23-8-10-24(11-9-23)17(26)13-25-18(14-4-2-5-15(20)12-14)22-16-6-3-7-21-19(16)25/h2-7,12H,8-11,13H2,1H3. The van der Waals surface area contributed by atoms with Gasteiger partial charge >= 0.3 is 0 Å². The summed E-state index contributed by atoms with van der Waals surface area (Å²) in [7, 11) is 2.05. The first-order chi connectivity index (χ1) is 12.6. The fourth-order valence-electron chi connectivity index (χ4n) is 3.25. The summed E-state index contributed by atoms with van der Waals surface area (Å²) in [5.41, 5.74) is 1.96. The number of hydrogen-bond donors (Lipinski definition) is 0. The second-order valence-electron chi connectivity index (χ2n) is 6.56. The van der Waals surface area contributed by atoms with Crippen molar-refractivity contribution in [2.75, 3.05) is 33.2 Å². The normalized spacial score (nSPS) is 15.5. The maximum Gasteiger partial charge on any atom is 0.242 e. The van der Waals surface area contributed by atoms with Crippen molar-refractivity contribution in [1.82, 2.24) is 24.3 Å². The predicted molar refractivity (Wildman–Crippen MR) is 97.0 cm³/mol. The fraction of sp³-hybridized carbons (Fsp3) is 0.316. The Morgan fingerprint density at radius 1 is 1.15 bits per heavy atom. The summed E-state index contributed by atoms with van der Waals surface area (Å²) in [6.07, 6.45) is 1.68. The fourth-order valence-corrected chi connectivity index (χ4v) is 3.25. The molecule has 0 radical (unpaired) electrons. The van der Waals surface area contributed by atoms with Gasteiger partial charge in [0.1, 0.15) is 23.7 Å². The summed E-state index contributed by atoms with van der Waals surface area (Å²) < 4.78 is 15.5. The van der Waals surface area contributed by atoms with Crippen LogP contribution in [0.4, 0.5) is 4.39 Å². The molecule has 0 bridgehead atoms. The van der Waals surface area contributed by atoms with Gasteiger partial charge < -0.3 is 9.80 Å². The summed E-state index contributed by atoms with van der Waals surface area (Å²) in [5, 5.41) is 0. The molecule has 0 unspecified atom stereocenters. The Kier molecular flexibility index (Phi) is 4.38. The molecule has 0 aliphatic carbocycles. The van der Waals surface area contributed by atoms with E-state index in [1.54, 1.807) is 29.0 Å².